The van der Waals surface area contributed by atoms with E-state index in [1.165, 1.54) is 4.90 Å². The first-order valence-corrected chi connectivity index (χ1v) is 9.10. The predicted molar refractivity (Wildman–Crippen MR) is 101 cm³/mol. The molecular weight excluding hydrogens is 332 g/mol. The summed E-state index contributed by atoms with van der Waals surface area (Å²) >= 11 is 0. The van der Waals surface area contributed by atoms with E-state index in [1.807, 2.05) is 41.5 Å². The normalized spacial score (nSPS) is 19.5. The minimum Gasteiger partial charge on any atom is -0.465 e. The van der Waals surface area contributed by atoms with E-state index in [2.05, 4.69) is 0 Å². The highest BCUT2D eigenvalue weighted by Crippen LogP contribution is 2.38. The Hall–Kier alpha value is -2.08. The van der Waals surface area contributed by atoms with E-state index < -0.39 is 23.7 Å². The maximum absolute atomic E-state index is 13.0. The zero-order chi connectivity index (χ0) is 19.8. The molecule has 2 rings (SSSR count). The van der Waals surface area contributed by atoms with Gasteiger partial charge in [-0.1, -0.05) is 26.0 Å². The number of carbonyl (C=O) groups excluding carboxylic acids is 1. The highest BCUT2D eigenvalue weighted by Gasteiger charge is 2.47. The summed E-state index contributed by atoms with van der Waals surface area (Å²) in [6.07, 6.45) is -0.395. The van der Waals surface area contributed by atoms with E-state index in [4.69, 9.17) is 0 Å². The minimum absolute atomic E-state index is 0.153. The predicted octanol–water partition coefficient (Wildman–Crippen LogP) is 4.28. The highest BCUT2D eigenvalue weighted by molar-refractivity contribution is 6.10. The van der Waals surface area contributed by atoms with Gasteiger partial charge in [0.2, 0.25) is 0 Å². The van der Waals surface area contributed by atoms with Crippen LogP contribution >= 0.6 is 0 Å². The number of amides is 1. The second kappa shape index (κ2) is 7.27. The largest absolute Gasteiger partial charge is 0.465 e. The van der Waals surface area contributed by atoms with Crippen molar-refractivity contribution in [2.24, 2.45) is 11.8 Å². The third kappa shape index (κ3) is 3.70. The maximum atomic E-state index is 13.0. The fraction of sp³-hybridized carbons (Fsp3) is 0.600. The van der Waals surface area contributed by atoms with Crippen LogP contribution in [-0.2, 0) is 0 Å². The molecule has 0 radical (unpaired) electrons. The summed E-state index contributed by atoms with van der Waals surface area (Å²) in [6.45, 7) is 11.4. The number of hydrogen-bond acceptors (Lipinski definition) is 4. The van der Waals surface area contributed by atoms with Gasteiger partial charge in [0.05, 0.1) is 5.69 Å². The zero-order valence-corrected chi connectivity index (χ0v) is 16.4. The Bertz CT molecular complexity index is 681. The van der Waals surface area contributed by atoms with Gasteiger partial charge < -0.3 is 10.0 Å². The summed E-state index contributed by atoms with van der Waals surface area (Å²) in [5.41, 5.74) is 0.356. The number of hydrogen-bond donors (Lipinski definition) is 2. The second-order valence-corrected chi connectivity index (χ2v) is 8.53. The summed E-state index contributed by atoms with van der Waals surface area (Å²) in [7, 11) is 0. The Kier molecular flexibility index (Phi) is 5.66. The number of para-hydroxylation sites is 1. The Morgan fingerprint density at radius 3 is 2.27 bits per heavy atom. The lowest BCUT2D eigenvalue weighted by molar-refractivity contribution is 0.0343. The van der Waals surface area contributed by atoms with Gasteiger partial charge in [-0.25, -0.2) is 9.86 Å². The molecule has 0 saturated heterocycles. The number of hydroxylamine groups is 1. The molecule has 6 heteroatoms. The fourth-order valence-electron chi connectivity index (χ4n) is 4.08. The van der Waals surface area contributed by atoms with Gasteiger partial charge in [-0.3, -0.25) is 10.0 Å². The van der Waals surface area contributed by atoms with Crippen molar-refractivity contribution in [2.75, 3.05) is 5.06 Å². The lowest BCUT2D eigenvalue weighted by atomic mass is 9.81. The van der Waals surface area contributed by atoms with Crippen LogP contribution in [0, 0.1) is 11.8 Å². The number of carbonyl (C=O) groups is 2. The van der Waals surface area contributed by atoms with E-state index in [9.17, 15) is 19.9 Å². The van der Waals surface area contributed by atoms with Crippen molar-refractivity contribution in [2.45, 2.75) is 65.6 Å². The van der Waals surface area contributed by atoms with Gasteiger partial charge in [0.15, 0.2) is 5.78 Å². The number of fused-ring (bicyclic) bond motifs is 1. The van der Waals surface area contributed by atoms with Crippen LogP contribution in [0.2, 0.25) is 0 Å². The van der Waals surface area contributed by atoms with Crippen LogP contribution in [0.5, 0.6) is 0 Å². The Balaban J connectivity index is 2.45. The molecule has 1 aromatic rings. The van der Waals surface area contributed by atoms with E-state index >= 15 is 0 Å². The van der Waals surface area contributed by atoms with Crippen molar-refractivity contribution in [3.63, 3.8) is 0 Å². The Labute approximate surface area is 155 Å². The molecule has 144 valence electrons. The topological polar surface area (TPSA) is 81.1 Å². The first-order chi connectivity index (χ1) is 12.0. The van der Waals surface area contributed by atoms with Gasteiger partial charge in [0.1, 0.15) is 6.04 Å². The van der Waals surface area contributed by atoms with Crippen molar-refractivity contribution in [1.82, 2.24) is 4.90 Å². The Morgan fingerprint density at radius 2 is 1.81 bits per heavy atom. The average Bonchev–Trinajstić information content (AvgIpc) is 2.75. The number of ketones is 1. The first-order valence-electron chi connectivity index (χ1n) is 9.10. The summed E-state index contributed by atoms with van der Waals surface area (Å²) in [4.78, 5) is 26.3. The standard InChI is InChI=1S/C20H30N2O4/c1-12(2)11-15(13(3)21(19(24)25)20(4,5)6)17-18(23)14-9-7-8-10-16(14)22(17)26/h7-10,12-13,15,17,26H,11H2,1-6H3,(H,24,25)/t13-,15-,17?/m0/s1. The lowest BCUT2D eigenvalue weighted by Gasteiger charge is -2.44. The molecule has 26 heavy (non-hydrogen) atoms. The van der Waals surface area contributed by atoms with Crippen LogP contribution in [0.15, 0.2) is 24.3 Å². The SMILES string of the molecule is CC(C)C[C@H](C1C(=O)c2ccccc2N1O)[C@H](C)N(C(=O)O)C(C)(C)C. The summed E-state index contributed by atoms with van der Waals surface area (Å²) in [5, 5.41) is 21.5. The molecule has 0 saturated carbocycles. The summed E-state index contributed by atoms with van der Waals surface area (Å²) in [6, 6.07) is 5.74. The molecule has 0 fully saturated rings. The van der Waals surface area contributed by atoms with Gasteiger partial charge >= 0.3 is 6.09 Å². The van der Waals surface area contributed by atoms with Crippen LogP contribution in [-0.4, -0.2) is 44.7 Å². The van der Waals surface area contributed by atoms with Crippen molar-refractivity contribution in [3.8, 4) is 0 Å². The lowest BCUT2D eigenvalue weighted by Crippen LogP contribution is -2.57. The number of rotatable bonds is 5. The van der Waals surface area contributed by atoms with Gasteiger partial charge in [0, 0.05) is 23.1 Å². The molecule has 2 N–H and O–H groups in total. The first kappa shape index (κ1) is 20.2. The minimum atomic E-state index is -1.02. The molecule has 1 aliphatic heterocycles. The average molecular weight is 362 g/mol. The van der Waals surface area contributed by atoms with E-state index in [-0.39, 0.29) is 17.6 Å². The quantitative estimate of drug-likeness (QED) is 0.817. The molecule has 0 bridgehead atoms. The van der Waals surface area contributed by atoms with Crippen LogP contribution in [0.4, 0.5) is 10.5 Å². The summed E-state index contributed by atoms with van der Waals surface area (Å²) < 4.78 is 0. The van der Waals surface area contributed by atoms with E-state index in [0.717, 1.165) is 5.06 Å². The van der Waals surface area contributed by atoms with Gasteiger partial charge in [-0.05, 0) is 52.2 Å². The molecule has 3 atom stereocenters. The molecule has 1 aliphatic rings. The summed E-state index contributed by atoms with van der Waals surface area (Å²) in [5.74, 6) is -0.238. The van der Waals surface area contributed by atoms with Crippen molar-refractivity contribution in [1.29, 1.82) is 0 Å². The van der Waals surface area contributed by atoms with Gasteiger partial charge in [-0.15, -0.1) is 0 Å². The molecular formula is C20H30N2O4. The van der Waals surface area contributed by atoms with E-state index in [0.29, 0.717) is 17.7 Å². The van der Waals surface area contributed by atoms with E-state index in [1.54, 1.807) is 24.3 Å². The molecule has 0 aliphatic carbocycles. The monoisotopic (exact) mass is 362 g/mol. The third-order valence-electron chi connectivity index (χ3n) is 5.05. The smallest absolute Gasteiger partial charge is 0.407 e. The van der Waals surface area contributed by atoms with Crippen LogP contribution in [0.25, 0.3) is 0 Å². The molecule has 6 nitrogen and oxygen atoms in total. The van der Waals surface area contributed by atoms with Crippen LogP contribution < -0.4 is 5.06 Å². The Morgan fingerprint density at radius 1 is 1.23 bits per heavy atom. The second-order valence-electron chi connectivity index (χ2n) is 8.53. The number of anilines is 1. The number of nitrogens with zero attached hydrogens (tertiary/aromatic N) is 2. The third-order valence-corrected chi connectivity index (χ3v) is 5.05. The molecule has 0 spiro atoms. The molecule has 1 aromatic carbocycles. The number of carboxylic acid groups (broad SMARTS) is 1. The molecule has 0 aromatic heterocycles. The maximum Gasteiger partial charge on any atom is 0.407 e. The van der Waals surface area contributed by atoms with Crippen molar-refractivity contribution in [3.05, 3.63) is 29.8 Å². The molecule has 1 heterocycles. The molecule has 1 unspecified atom stereocenters. The fourth-order valence-corrected chi connectivity index (χ4v) is 4.08. The van der Waals surface area contributed by atoms with Crippen molar-refractivity contribution < 1.29 is 19.9 Å². The zero-order valence-electron chi connectivity index (χ0n) is 16.4. The highest BCUT2D eigenvalue weighted by atomic mass is 16.5. The van der Waals surface area contributed by atoms with Crippen LogP contribution in [0.1, 0.15) is 58.3 Å². The number of benzene rings is 1. The van der Waals surface area contributed by atoms with Crippen molar-refractivity contribution >= 4 is 17.6 Å². The number of Topliss-reactive ketones (excluding diaryl/α,β-unsaturated/α-hetero) is 1. The van der Waals surface area contributed by atoms with Gasteiger partial charge in [0.25, 0.3) is 0 Å². The van der Waals surface area contributed by atoms with Crippen LogP contribution in [0.3, 0.4) is 0 Å². The molecule has 1 amide bonds. The van der Waals surface area contributed by atoms with Gasteiger partial charge in [-0.2, -0.15) is 0 Å².